The molecule has 1 atom stereocenters. The van der Waals surface area contributed by atoms with Gasteiger partial charge >= 0.3 is 6.16 Å². The van der Waals surface area contributed by atoms with Crippen LogP contribution >= 0.6 is 0 Å². The fourth-order valence-corrected chi connectivity index (χ4v) is 3.99. The number of halogens is 1. The highest BCUT2D eigenvalue weighted by molar-refractivity contribution is 5.69. The third kappa shape index (κ3) is 9.33. The van der Waals surface area contributed by atoms with E-state index in [1.165, 1.54) is 31.7 Å². The van der Waals surface area contributed by atoms with E-state index in [9.17, 15) is 14.3 Å². The third-order valence-corrected chi connectivity index (χ3v) is 6.25. The highest BCUT2D eigenvalue weighted by atomic mass is 19.1. The van der Waals surface area contributed by atoms with E-state index < -0.39 is 18.3 Å². The average molecular weight is 531 g/mol. The Labute approximate surface area is 224 Å². The van der Waals surface area contributed by atoms with E-state index in [4.69, 9.17) is 23.7 Å². The maximum Gasteiger partial charge on any atom is 0.508 e. The molecule has 1 aliphatic heterocycles. The molecular formula is C30H39FO7. The number of aliphatic hydroxyl groups excluding tert-OH is 1. The number of unbranched alkanes of at least 4 members (excludes halogenated alkanes) is 5. The van der Waals surface area contributed by atoms with Gasteiger partial charge in [0.05, 0.1) is 25.7 Å². The first-order valence-corrected chi connectivity index (χ1v) is 13.3. The lowest BCUT2D eigenvalue weighted by atomic mass is 9.99. The van der Waals surface area contributed by atoms with E-state index in [1.807, 2.05) is 12.1 Å². The molecule has 0 radical (unpaired) electrons. The molecule has 2 aromatic rings. The number of hydrogen-bond acceptors (Lipinski definition) is 7. The Morgan fingerprint density at radius 3 is 2.53 bits per heavy atom. The van der Waals surface area contributed by atoms with E-state index in [1.54, 1.807) is 25.1 Å². The molecule has 0 saturated carbocycles. The summed E-state index contributed by atoms with van der Waals surface area (Å²) in [6, 6.07) is 10.3. The Morgan fingerprint density at radius 1 is 1.08 bits per heavy atom. The summed E-state index contributed by atoms with van der Waals surface area (Å²) in [5, 5.41) is 10.1. The van der Waals surface area contributed by atoms with Gasteiger partial charge in [-0.25, -0.2) is 9.18 Å². The summed E-state index contributed by atoms with van der Waals surface area (Å²) in [7, 11) is 0. The maximum absolute atomic E-state index is 14.9. The highest BCUT2D eigenvalue weighted by Crippen LogP contribution is 2.32. The number of benzene rings is 2. The molecule has 7 nitrogen and oxygen atoms in total. The summed E-state index contributed by atoms with van der Waals surface area (Å²) in [4.78, 5) is 11.1. The molecule has 0 aromatic heterocycles. The molecule has 1 unspecified atom stereocenters. The molecule has 1 N–H and O–H groups in total. The summed E-state index contributed by atoms with van der Waals surface area (Å²) >= 11 is 0. The molecule has 1 saturated heterocycles. The lowest BCUT2D eigenvalue weighted by Gasteiger charge is -2.22. The van der Waals surface area contributed by atoms with Crippen molar-refractivity contribution >= 4 is 6.16 Å². The van der Waals surface area contributed by atoms with Crippen LogP contribution in [0.5, 0.6) is 11.5 Å². The first kappa shape index (κ1) is 29.5. The molecule has 1 aliphatic rings. The number of hydrogen-bond donors (Lipinski definition) is 1. The van der Waals surface area contributed by atoms with Crippen molar-refractivity contribution < 1.29 is 38.0 Å². The molecule has 3 rings (SSSR count). The van der Waals surface area contributed by atoms with Crippen LogP contribution in [0, 0.1) is 11.7 Å². The predicted octanol–water partition coefficient (Wildman–Crippen LogP) is 6.80. The van der Waals surface area contributed by atoms with Crippen molar-refractivity contribution in [1.82, 2.24) is 0 Å². The summed E-state index contributed by atoms with van der Waals surface area (Å²) in [5.41, 5.74) is 2.57. The van der Waals surface area contributed by atoms with Crippen LogP contribution in [0.25, 0.3) is 11.1 Å². The lowest BCUT2D eigenvalue weighted by molar-refractivity contribution is -0.0808. The first-order chi connectivity index (χ1) is 18.4. The number of carbonyl (C=O) groups is 1. The molecule has 2 aromatic carbocycles. The molecule has 0 amide bonds. The van der Waals surface area contributed by atoms with Crippen LogP contribution in [0.3, 0.4) is 0 Å². The van der Waals surface area contributed by atoms with Gasteiger partial charge in [-0.15, -0.1) is 0 Å². The monoisotopic (exact) mass is 530 g/mol. The van der Waals surface area contributed by atoms with Crippen molar-refractivity contribution in [2.45, 2.75) is 65.3 Å². The van der Waals surface area contributed by atoms with Crippen molar-refractivity contribution in [3.05, 3.63) is 59.9 Å². The zero-order chi connectivity index (χ0) is 27.3. The van der Waals surface area contributed by atoms with Gasteiger partial charge in [-0.3, -0.25) is 0 Å². The van der Waals surface area contributed by atoms with Crippen molar-refractivity contribution in [2.75, 3.05) is 26.4 Å². The maximum atomic E-state index is 14.9. The van der Waals surface area contributed by atoms with Crippen LogP contribution in [0.4, 0.5) is 9.18 Å². The molecular weight excluding hydrogens is 491 g/mol. The van der Waals surface area contributed by atoms with Gasteiger partial charge in [0, 0.05) is 0 Å². The molecule has 1 fully saturated rings. The zero-order valence-electron chi connectivity index (χ0n) is 22.4. The first-order valence-electron chi connectivity index (χ1n) is 13.3. The number of carbonyl (C=O) groups excluding carboxylic acids is 1. The summed E-state index contributed by atoms with van der Waals surface area (Å²) in [5.74, 6) is 0.270. The van der Waals surface area contributed by atoms with Crippen molar-refractivity contribution in [3.8, 4) is 22.6 Å². The van der Waals surface area contributed by atoms with Gasteiger partial charge in [-0.1, -0.05) is 57.7 Å². The summed E-state index contributed by atoms with van der Waals surface area (Å²) in [6.07, 6.45) is 5.02. The van der Waals surface area contributed by atoms with Crippen LogP contribution in [-0.4, -0.2) is 44.0 Å². The van der Waals surface area contributed by atoms with Gasteiger partial charge in [-0.2, -0.15) is 0 Å². The molecule has 0 spiro atoms. The molecule has 208 valence electrons. The van der Waals surface area contributed by atoms with E-state index in [2.05, 4.69) is 13.5 Å². The van der Waals surface area contributed by atoms with Crippen molar-refractivity contribution in [1.29, 1.82) is 0 Å². The van der Waals surface area contributed by atoms with Gasteiger partial charge in [0.15, 0.2) is 17.9 Å². The average Bonchev–Trinajstić information content (AvgIpc) is 2.91. The van der Waals surface area contributed by atoms with E-state index >= 15 is 0 Å². The molecule has 0 bridgehead atoms. The van der Waals surface area contributed by atoms with Gasteiger partial charge in [0.1, 0.15) is 19.0 Å². The highest BCUT2D eigenvalue weighted by Gasteiger charge is 2.22. The van der Waals surface area contributed by atoms with Gasteiger partial charge in [0.2, 0.25) is 0 Å². The second-order valence-electron chi connectivity index (χ2n) is 9.64. The second kappa shape index (κ2) is 15.3. The van der Waals surface area contributed by atoms with Crippen LogP contribution in [-0.2, 0) is 20.8 Å². The fraction of sp³-hybridized carbons (Fsp3) is 0.500. The van der Waals surface area contributed by atoms with Crippen LogP contribution in [0.1, 0.15) is 57.9 Å². The minimum atomic E-state index is -1.13. The number of rotatable bonds is 16. The predicted molar refractivity (Wildman–Crippen MR) is 143 cm³/mol. The fourth-order valence-electron chi connectivity index (χ4n) is 3.99. The second-order valence-corrected chi connectivity index (χ2v) is 9.64. The Kier molecular flexibility index (Phi) is 11.9. The van der Waals surface area contributed by atoms with Gasteiger partial charge in [-0.05, 0) is 59.9 Å². The van der Waals surface area contributed by atoms with Gasteiger partial charge in [0.25, 0.3) is 0 Å². The van der Waals surface area contributed by atoms with Crippen molar-refractivity contribution in [3.63, 3.8) is 0 Å². The quantitative estimate of drug-likeness (QED) is 0.111. The Morgan fingerprint density at radius 2 is 1.82 bits per heavy atom. The van der Waals surface area contributed by atoms with E-state index in [-0.39, 0.29) is 31.5 Å². The smallest absolute Gasteiger partial charge is 0.493 e. The normalized spacial score (nSPS) is 14.5. The minimum absolute atomic E-state index is 0.0581. The largest absolute Gasteiger partial charge is 0.508 e. The molecule has 8 heteroatoms. The van der Waals surface area contributed by atoms with Crippen LogP contribution < -0.4 is 9.47 Å². The Balaban J connectivity index is 1.67. The Bertz CT molecular complexity index is 1040. The minimum Gasteiger partial charge on any atom is -0.493 e. The van der Waals surface area contributed by atoms with Crippen LogP contribution in [0.15, 0.2) is 48.6 Å². The standard InChI is InChI=1S/C30H39FO7/c1-4-5-6-7-8-9-14-34-28-13-10-23(16-27(28)31)26-12-11-25(15-24(26)20-36-29(32)21(2)3)35-17-22-18-37-30(33)38-19-22/h10-13,15-16,22,29,32H,2,4-9,14,17-20H2,1,3H3. The molecule has 38 heavy (non-hydrogen) atoms. The van der Waals surface area contributed by atoms with Crippen LogP contribution in [0.2, 0.25) is 0 Å². The zero-order valence-corrected chi connectivity index (χ0v) is 22.4. The molecule has 1 heterocycles. The SMILES string of the molecule is C=C(C)C(O)OCc1cc(OCC2COC(=O)OC2)ccc1-c1ccc(OCCCCCCCC)c(F)c1. The number of ether oxygens (including phenoxy) is 5. The van der Waals surface area contributed by atoms with Gasteiger partial charge < -0.3 is 28.8 Å². The third-order valence-electron chi connectivity index (χ3n) is 6.25. The Hall–Kier alpha value is -3.10. The summed E-state index contributed by atoms with van der Waals surface area (Å²) in [6.45, 7) is 8.86. The number of cyclic esters (lactones) is 2. The van der Waals surface area contributed by atoms with E-state index in [0.29, 0.717) is 35.7 Å². The molecule has 0 aliphatic carbocycles. The number of aliphatic hydroxyl groups is 1. The topological polar surface area (TPSA) is 83.5 Å². The summed E-state index contributed by atoms with van der Waals surface area (Å²) < 4.78 is 41.9. The van der Waals surface area contributed by atoms with E-state index in [0.717, 1.165) is 18.4 Å². The van der Waals surface area contributed by atoms with Crippen molar-refractivity contribution in [2.24, 2.45) is 5.92 Å². The lowest BCUT2D eigenvalue weighted by Crippen LogP contribution is -2.31.